The van der Waals surface area contributed by atoms with Crippen LogP contribution in [0.25, 0.3) is 11.3 Å². The summed E-state index contributed by atoms with van der Waals surface area (Å²) in [5, 5.41) is 3.68. The number of amides is 1. The van der Waals surface area contributed by atoms with Gasteiger partial charge in [0.2, 0.25) is 5.91 Å². The maximum atomic E-state index is 12.0. The molecule has 24 heavy (non-hydrogen) atoms. The van der Waals surface area contributed by atoms with Gasteiger partial charge in [0.05, 0.1) is 17.6 Å². The fourth-order valence-corrected chi connectivity index (χ4v) is 2.91. The topological polar surface area (TPSA) is 57.8 Å². The average molecular weight is 337 g/mol. The maximum absolute atomic E-state index is 12.0. The number of carbonyl (C=O) groups excluding carboxylic acids is 1. The summed E-state index contributed by atoms with van der Waals surface area (Å²) < 4.78 is 0. The fraction of sp³-hybridized carbons (Fsp3) is 0.158. The first-order chi connectivity index (χ1) is 11.7. The standard InChI is InChI=1S/C19H19N3OS/c1-14-7-9-15(10-8-14)11-20-18(23)13-24-19-21-12-17(22-19)16-5-3-2-4-6-16/h2-10,12H,11,13H2,1H3,(H,20,23)(H,21,22). The number of carbonyl (C=O) groups is 1. The zero-order chi connectivity index (χ0) is 16.8. The monoisotopic (exact) mass is 337 g/mol. The molecule has 3 aromatic rings. The minimum atomic E-state index is -0.00163. The smallest absolute Gasteiger partial charge is 0.230 e. The molecule has 0 spiro atoms. The summed E-state index contributed by atoms with van der Waals surface area (Å²) in [7, 11) is 0. The lowest BCUT2D eigenvalue weighted by molar-refractivity contribution is -0.118. The highest BCUT2D eigenvalue weighted by Crippen LogP contribution is 2.20. The van der Waals surface area contributed by atoms with Gasteiger partial charge in [-0.15, -0.1) is 0 Å². The molecule has 1 aromatic heterocycles. The van der Waals surface area contributed by atoms with Gasteiger partial charge in [0.25, 0.3) is 0 Å². The molecule has 0 unspecified atom stereocenters. The van der Waals surface area contributed by atoms with Gasteiger partial charge in [-0.3, -0.25) is 4.79 Å². The van der Waals surface area contributed by atoms with Gasteiger partial charge in [-0.1, -0.05) is 71.9 Å². The summed E-state index contributed by atoms with van der Waals surface area (Å²) in [5.74, 6) is 0.339. The highest BCUT2D eigenvalue weighted by atomic mass is 32.2. The minimum Gasteiger partial charge on any atom is -0.351 e. The first kappa shape index (κ1) is 16.3. The van der Waals surface area contributed by atoms with Crippen LogP contribution in [0.5, 0.6) is 0 Å². The molecule has 0 aliphatic heterocycles. The largest absolute Gasteiger partial charge is 0.351 e. The van der Waals surface area contributed by atoms with Crippen molar-refractivity contribution in [3.8, 4) is 11.3 Å². The molecule has 2 N–H and O–H groups in total. The molecule has 0 saturated carbocycles. The van der Waals surface area contributed by atoms with Crippen molar-refractivity contribution in [2.24, 2.45) is 0 Å². The number of imidazole rings is 1. The van der Waals surface area contributed by atoms with Gasteiger partial charge in [-0.05, 0) is 18.1 Å². The summed E-state index contributed by atoms with van der Waals surface area (Å²) in [6.07, 6.45) is 1.79. The molecule has 1 amide bonds. The number of aromatic nitrogens is 2. The van der Waals surface area contributed by atoms with Crippen LogP contribution in [-0.4, -0.2) is 21.6 Å². The Bertz CT molecular complexity index is 797. The van der Waals surface area contributed by atoms with E-state index in [1.165, 1.54) is 17.3 Å². The quantitative estimate of drug-likeness (QED) is 0.673. The molecule has 0 radical (unpaired) electrons. The van der Waals surface area contributed by atoms with Crippen molar-refractivity contribution in [2.45, 2.75) is 18.6 Å². The predicted octanol–water partition coefficient (Wildman–Crippen LogP) is 3.79. The lowest BCUT2D eigenvalue weighted by atomic mass is 10.1. The Morgan fingerprint density at radius 3 is 2.62 bits per heavy atom. The third kappa shape index (κ3) is 4.49. The van der Waals surface area contributed by atoms with Crippen LogP contribution in [-0.2, 0) is 11.3 Å². The zero-order valence-corrected chi connectivity index (χ0v) is 14.3. The fourth-order valence-electron chi connectivity index (χ4n) is 2.23. The first-order valence-electron chi connectivity index (χ1n) is 7.76. The second kappa shape index (κ2) is 7.84. The van der Waals surface area contributed by atoms with E-state index in [-0.39, 0.29) is 5.91 Å². The van der Waals surface area contributed by atoms with Crippen LogP contribution >= 0.6 is 11.8 Å². The molecule has 0 bridgehead atoms. The van der Waals surface area contributed by atoms with Crippen molar-refractivity contribution >= 4 is 17.7 Å². The normalized spacial score (nSPS) is 10.5. The van der Waals surface area contributed by atoms with E-state index in [2.05, 4.69) is 15.3 Å². The van der Waals surface area contributed by atoms with Crippen LogP contribution in [0, 0.1) is 6.92 Å². The number of aryl methyl sites for hydroxylation is 1. The Morgan fingerprint density at radius 1 is 1.12 bits per heavy atom. The van der Waals surface area contributed by atoms with Gasteiger partial charge in [0, 0.05) is 6.54 Å². The Morgan fingerprint density at radius 2 is 1.88 bits per heavy atom. The molecule has 0 aliphatic carbocycles. The number of rotatable bonds is 6. The number of aromatic amines is 1. The van der Waals surface area contributed by atoms with Gasteiger partial charge < -0.3 is 10.3 Å². The minimum absolute atomic E-state index is 0.00163. The Labute approximate surface area is 145 Å². The van der Waals surface area contributed by atoms with Crippen molar-refractivity contribution in [3.63, 3.8) is 0 Å². The molecule has 0 aliphatic rings. The third-order valence-electron chi connectivity index (χ3n) is 3.59. The third-order valence-corrected chi connectivity index (χ3v) is 4.47. The van der Waals surface area contributed by atoms with E-state index in [0.717, 1.165) is 22.0 Å². The van der Waals surface area contributed by atoms with Crippen molar-refractivity contribution < 1.29 is 4.79 Å². The van der Waals surface area contributed by atoms with E-state index in [4.69, 9.17) is 0 Å². The van der Waals surface area contributed by atoms with Crippen molar-refractivity contribution in [3.05, 3.63) is 71.9 Å². The molecule has 5 heteroatoms. The van der Waals surface area contributed by atoms with E-state index < -0.39 is 0 Å². The van der Waals surface area contributed by atoms with Crippen LogP contribution < -0.4 is 5.32 Å². The summed E-state index contributed by atoms with van der Waals surface area (Å²) in [6, 6.07) is 18.2. The highest BCUT2D eigenvalue weighted by Gasteiger charge is 2.07. The number of thioether (sulfide) groups is 1. The van der Waals surface area contributed by atoms with Crippen LogP contribution in [0.1, 0.15) is 11.1 Å². The van der Waals surface area contributed by atoms with E-state index >= 15 is 0 Å². The van der Waals surface area contributed by atoms with Gasteiger partial charge in [0.15, 0.2) is 5.16 Å². The predicted molar refractivity (Wildman–Crippen MR) is 97.8 cm³/mol. The summed E-state index contributed by atoms with van der Waals surface area (Å²) in [4.78, 5) is 19.5. The second-order valence-corrected chi connectivity index (χ2v) is 6.48. The molecule has 4 nitrogen and oxygen atoms in total. The van der Waals surface area contributed by atoms with Crippen molar-refractivity contribution in [1.29, 1.82) is 0 Å². The lowest BCUT2D eigenvalue weighted by Crippen LogP contribution is -2.24. The first-order valence-corrected chi connectivity index (χ1v) is 8.75. The number of nitrogens with zero attached hydrogens (tertiary/aromatic N) is 1. The Hall–Kier alpha value is -2.53. The summed E-state index contributed by atoms with van der Waals surface area (Å²) in [5.41, 5.74) is 4.36. The van der Waals surface area contributed by atoms with Crippen LogP contribution in [0.2, 0.25) is 0 Å². The van der Waals surface area contributed by atoms with E-state index in [1.807, 2.05) is 61.5 Å². The maximum Gasteiger partial charge on any atom is 0.230 e. The molecule has 0 atom stereocenters. The Kier molecular flexibility index (Phi) is 5.33. The molecule has 122 valence electrons. The van der Waals surface area contributed by atoms with E-state index in [1.54, 1.807) is 6.20 Å². The molecule has 0 saturated heterocycles. The molecular formula is C19H19N3OS. The molecule has 0 fully saturated rings. The molecule has 1 heterocycles. The number of hydrogen-bond donors (Lipinski definition) is 2. The Balaban J connectivity index is 1.48. The van der Waals surface area contributed by atoms with Gasteiger partial charge in [-0.2, -0.15) is 0 Å². The van der Waals surface area contributed by atoms with Gasteiger partial charge in [-0.25, -0.2) is 4.98 Å². The number of nitrogens with one attached hydrogen (secondary N) is 2. The summed E-state index contributed by atoms with van der Waals surface area (Å²) >= 11 is 1.40. The van der Waals surface area contributed by atoms with Crippen LogP contribution in [0.3, 0.4) is 0 Å². The van der Waals surface area contributed by atoms with E-state index in [9.17, 15) is 4.79 Å². The molecule has 2 aromatic carbocycles. The van der Waals surface area contributed by atoms with E-state index in [0.29, 0.717) is 12.3 Å². The number of H-pyrrole nitrogens is 1. The van der Waals surface area contributed by atoms with Crippen LogP contribution in [0.15, 0.2) is 66.0 Å². The lowest BCUT2D eigenvalue weighted by Gasteiger charge is -2.05. The number of benzene rings is 2. The van der Waals surface area contributed by atoms with Crippen molar-refractivity contribution in [2.75, 3.05) is 5.75 Å². The molecular weight excluding hydrogens is 318 g/mol. The SMILES string of the molecule is Cc1ccc(CNC(=O)CSc2ncc(-c3ccccc3)[nH]2)cc1. The average Bonchev–Trinajstić information content (AvgIpc) is 3.09. The molecule has 3 rings (SSSR count). The highest BCUT2D eigenvalue weighted by molar-refractivity contribution is 7.99. The zero-order valence-electron chi connectivity index (χ0n) is 13.5. The summed E-state index contributed by atoms with van der Waals surface area (Å²) in [6.45, 7) is 2.60. The van der Waals surface area contributed by atoms with Crippen LogP contribution in [0.4, 0.5) is 0 Å². The van der Waals surface area contributed by atoms with Crippen molar-refractivity contribution in [1.82, 2.24) is 15.3 Å². The number of hydrogen-bond acceptors (Lipinski definition) is 3. The second-order valence-electron chi connectivity index (χ2n) is 5.52. The van der Waals surface area contributed by atoms with Gasteiger partial charge in [0.1, 0.15) is 0 Å². The van der Waals surface area contributed by atoms with Gasteiger partial charge >= 0.3 is 0 Å².